The van der Waals surface area contributed by atoms with Crippen LogP contribution in [0.2, 0.25) is 0 Å². The lowest BCUT2D eigenvalue weighted by Gasteiger charge is -2.12. The number of thiazole rings is 1. The molecule has 0 saturated heterocycles. The zero-order valence-corrected chi connectivity index (χ0v) is 15.0. The number of rotatable bonds is 4. The molecule has 1 aliphatic rings. The number of nitrogens with zero attached hydrogens (tertiary/aromatic N) is 2. The van der Waals surface area contributed by atoms with E-state index in [9.17, 15) is 9.18 Å². The number of halogens is 1. The van der Waals surface area contributed by atoms with E-state index in [-0.39, 0.29) is 11.7 Å². The Morgan fingerprint density at radius 1 is 1.42 bits per heavy atom. The smallest absolute Gasteiger partial charge is 0.278 e. The first-order valence-corrected chi connectivity index (χ1v) is 9.19. The van der Waals surface area contributed by atoms with E-state index in [4.69, 9.17) is 0 Å². The topological polar surface area (TPSA) is 82.7 Å². The van der Waals surface area contributed by atoms with Gasteiger partial charge in [-0.05, 0) is 24.1 Å². The molecular weight excluding hydrogens is 353 g/mol. The van der Waals surface area contributed by atoms with E-state index >= 15 is 0 Å². The Bertz CT molecular complexity index is 964. The van der Waals surface area contributed by atoms with E-state index in [1.165, 1.54) is 17.4 Å². The molecule has 0 aliphatic carbocycles. The van der Waals surface area contributed by atoms with Crippen LogP contribution in [0, 0.1) is 12.7 Å². The summed E-state index contributed by atoms with van der Waals surface area (Å²) in [6, 6.07) is 5.21. The van der Waals surface area contributed by atoms with Crippen LogP contribution in [0.25, 0.3) is 0 Å². The van der Waals surface area contributed by atoms with E-state index in [1.807, 2.05) is 6.07 Å². The Morgan fingerprint density at radius 2 is 2.31 bits per heavy atom. The molecular formula is C18H18FN5OS. The largest absolute Gasteiger partial charge is 0.312 e. The Labute approximate surface area is 153 Å². The van der Waals surface area contributed by atoms with Gasteiger partial charge in [-0.15, -0.1) is 11.3 Å². The van der Waals surface area contributed by atoms with Crippen molar-refractivity contribution in [1.29, 1.82) is 0 Å². The average Bonchev–Trinajstić information content (AvgIpc) is 3.25. The molecule has 1 aliphatic heterocycles. The van der Waals surface area contributed by atoms with Gasteiger partial charge in [-0.2, -0.15) is 5.10 Å². The van der Waals surface area contributed by atoms with Crippen molar-refractivity contribution in [2.45, 2.75) is 26.3 Å². The molecule has 3 N–H and O–H groups in total. The number of nitrogens with one attached hydrogen (secondary N) is 3. The highest BCUT2D eigenvalue weighted by Gasteiger charge is 2.22. The molecule has 0 fully saturated rings. The minimum absolute atomic E-state index is 0.211. The molecule has 1 aromatic carbocycles. The van der Waals surface area contributed by atoms with Gasteiger partial charge >= 0.3 is 0 Å². The normalized spacial score (nSPS) is 13.5. The van der Waals surface area contributed by atoms with Crippen LogP contribution in [-0.2, 0) is 19.4 Å². The lowest BCUT2D eigenvalue weighted by Crippen LogP contribution is -2.25. The monoisotopic (exact) mass is 371 g/mol. The summed E-state index contributed by atoms with van der Waals surface area (Å²) in [7, 11) is 0. The van der Waals surface area contributed by atoms with Crippen LogP contribution >= 0.6 is 11.3 Å². The molecule has 134 valence electrons. The van der Waals surface area contributed by atoms with Gasteiger partial charge in [-0.3, -0.25) is 15.2 Å². The van der Waals surface area contributed by atoms with Crippen molar-refractivity contribution in [2.24, 2.45) is 0 Å². The van der Waals surface area contributed by atoms with Crippen molar-refractivity contribution in [2.75, 3.05) is 11.9 Å². The fourth-order valence-corrected chi connectivity index (χ4v) is 3.81. The van der Waals surface area contributed by atoms with E-state index in [2.05, 4.69) is 25.8 Å². The van der Waals surface area contributed by atoms with Crippen molar-refractivity contribution in [3.05, 3.63) is 63.2 Å². The number of fused-ring (bicyclic) bond motifs is 1. The molecule has 8 heteroatoms. The first kappa shape index (κ1) is 16.9. The highest BCUT2D eigenvalue weighted by atomic mass is 32.1. The molecule has 6 nitrogen and oxygen atoms in total. The predicted octanol–water partition coefficient (Wildman–Crippen LogP) is 2.80. The summed E-state index contributed by atoms with van der Waals surface area (Å²) in [6.07, 6.45) is 3.12. The highest BCUT2D eigenvalue weighted by Crippen LogP contribution is 2.23. The Morgan fingerprint density at radius 3 is 3.15 bits per heavy atom. The van der Waals surface area contributed by atoms with E-state index in [0.717, 1.165) is 34.7 Å². The number of anilines is 1. The Kier molecular flexibility index (Phi) is 4.52. The highest BCUT2D eigenvalue weighted by molar-refractivity contribution is 7.15. The Balaban J connectivity index is 1.45. The fraction of sp³-hybridized carbons (Fsp3) is 0.278. The minimum atomic E-state index is -0.270. The van der Waals surface area contributed by atoms with Gasteiger partial charge in [0.25, 0.3) is 5.91 Å². The van der Waals surface area contributed by atoms with Gasteiger partial charge in [0.15, 0.2) is 10.8 Å². The van der Waals surface area contributed by atoms with Crippen LogP contribution in [0.5, 0.6) is 0 Å². The SMILES string of the molecule is Cc1ccc(Cc2cnc(NC(=O)c3n[nH]c4c3CNCC4)s2)cc1F. The number of H-pyrrole nitrogens is 1. The summed E-state index contributed by atoms with van der Waals surface area (Å²) in [5.41, 5.74) is 3.84. The summed E-state index contributed by atoms with van der Waals surface area (Å²) < 4.78 is 13.7. The lowest BCUT2D eigenvalue weighted by atomic mass is 10.1. The van der Waals surface area contributed by atoms with Crippen LogP contribution in [-0.4, -0.2) is 27.6 Å². The maximum atomic E-state index is 13.7. The molecule has 0 bridgehead atoms. The number of hydrogen-bond acceptors (Lipinski definition) is 5. The lowest BCUT2D eigenvalue weighted by molar-refractivity contribution is 0.102. The molecule has 2 aromatic heterocycles. The van der Waals surface area contributed by atoms with Gasteiger partial charge in [-0.25, -0.2) is 9.37 Å². The van der Waals surface area contributed by atoms with Crippen LogP contribution in [0.15, 0.2) is 24.4 Å². The van der Waals surface area contributed by atoms with E-state index in [1.54, 1.807) is 19.2 Å². The number of carbonyl (C=O) groups excluding carboxylic acids is 1. The van der Waals surface area contributed by atoms with Gasteiger partial charge in [0.05, 0.1) is 0 Å². The van der Waals surface area contributed by atoms with Crippen LogP contribution in [0.1, 0.15) is 37.7 Å². The summed E-state index contributed by atoms with van der Waals surface area (Å²) in [5.74, 6) is -0.481. The molecule has 4 rings (SSSR count). The first-order chi connectivity index (χ1) is 12.6. The van der Waals surface area contributed by atoms with Crippen LogP contribution in [0.3, 0.4) is 0 Å². The van der Waals surface area contributed by atoms with Crippen molar-refractivity contribution < 1.29 is 9.18 Å². The molecule has 0 spiro atoms. The second-order valence-electron chi connectivity index (χ2n) is 6.30. The number of benzene rings is 1. The second kappa shape index (κ2) is 6.97. The quantitative estimate of drug-likeness (QED) is 0.659. The zero-order valence-electron chi connectivity index (χ0n) is 14.2. The molecule has 0 unspecified atom stereocenters. The third-order valence-electron chi connectivity index (χ3n) is 4.41. The maximum absolute atomic E-state index is 13.7. The zero-order chi connectivity index (χ0) is 18.1. The molecule has 3 heterocycles. The number of aryl methyl sites for hydroxylation is 1. The van der Waals surface area contributed by atoms with Gasteiger partial charge in [0.1, 0.15) is 5.82 Å². The minimum Gasteiger partial charge on any atom is -0.312 e. The van der Waals surface area contributed by atoms with Crippen LogP contribution in [0.4, 0.5) is 9.52 Å². The van der Waals surface area contributed by atoms with Gasteiger partial charge in [-0.1, -0.05) is 12.1 Å². The third-order valence-corrected chi connectivity index (χ3v) is 5.32. The average molecular weight is 371 g/mol. The van der Waals surface area contributed by atoms with Crippen molar-refractivity contribution in [3.8, 4) is 0 Å². The molecule has 0 saturated carbocycles. The second-order valence-corrected chi connectivity index (χ2v) is 7.42. The van der Waals surface area contributed by atoms with Gasteiger partial charge in [0.2, 0.25) is 0 Å². The summed E-state index contributed by atoms with van der Waals surface area (Å²) in [6.45, 7) is 3.26. The van der Waals surface area contributed by atoms with Crippen molar-refractivity contribution in [3.63, 3.8) is 0 Å². The summed E-state index contributed by atoms with van der Waals surface area (Å²) >= 11 is 1.38. The molecule has 0 radical (unpaired) electrons. The third kappa shape index (κ3) is 3.38. The Hall–Kier alpha value is -2.58. The maximum Gasteiger partial charge on any atom is 0.278 e. The molecule has 1 amide bonds. The van der Waals surface area contributed by atoms with E-state index < -0.39 is 0 Å². The van der Waals surface area contributed by atoms with Crippen molar-refractivity contribution >= 4 is 22.4 Å². The number of carbonyl (C=O) groups is 1. The predicted molar refractivity (Wildman–Crippen MR) is 98.0 cm³/mol. The fourth-order valence-electron chi connectivity index (χ4n) is 2.96. The van der Waals surface area contributed by atoms with Gasteiger partial charge < -0.3 is 5.32 Å². The number of amides is 1. The number of hydrogen-bond donors (Lipinski definition) is 3. The number of aromatic amines is 1. The summed E-state index contributed by atoms with van der Waals surface area (Å²) in [4.78, 5) is 17.7. The summed E-state index contributed by atoms with van der Waals surface area (Å²) in [5, 5.41) is 13.6. The molecule has 0 atom stereocenters. The molecule has 26 heavy (non-hydrogen) atoms. The van der Waals surface area contributed by atoms with Gasteiger partial charge in [0, 0.05) is 48.3 Å². The van der Waals surface area contributed by atoms with Crippen molar-refractivity contribution in [1.82, 2.24) is 20.5 Å². The molecule has 3 aromatic rings. The first-order valence-electron chi connectivity index (χ1n) is 8.38. The standard InChI is InChI=1S/C18H18FN5OS/c1-10-2-3-11(7-14(10)19)6-12-8-21-18(26-12)22-17(25)16-13-9-20-5-4-15(13)23-24-16/h2-3,7-8,20H,4-6,9H2,1H3,(H,23,24)(H,21,22,25). The van der Waals surface area contributed by atoms with Crippen LogP contribution < -0.4 is 10.6 Å². The number of aromatic nitrogens is 3. The van der Waals surface area contributed by atoms with E-state index in [0.29, 0.717) is 29.4 Å².